The molecule has 8 nitrogen and oxygen atoms in total. The van der Waals surface area contributed by atoms with Crippen molar-refractivity contribution >= 4 is 18.0 Å². The van der Waals surface area contributed by atoms with Gasteiger partial charge in [-0.3, -0.25) is 5.41 Å². The SMILES string of the molecule is C[C@H]1Oc2cc(cnc2N)-c2c(CC3CC3)noc2CN/C(=N\C=N)c2ccc(F)cc21. The zero-order valence-corrected chi connectivity index (χ0v) is 17.6. The number of rotatable bonds is 3. The Morgan fingerprint density at radius 2 is 2.19 bits per heavy atom. The average molecular weight is 434 g/mol. The average Bonchev–Trinajstić information content (AvgIpc) is 3.50. The lowest BCUT2D eigenvalue weighted by molar-refractivity contribution is 0.227. The highest BCUT2D eigenvalue weighted by Crippen LogP contribution is 2.39. The molecule has 0 radical (unpaired) electrons. The first-order valence-corrected chi connectivity index (χ1v) is 10.5. The van der Waals surface area contributed by atoms with Gasteiger partial charge in [-0.25, -0.2) is 14.4 Å². The van der Waals surface area contributed by atoms with E-state index in [9.17, 15) is 4.39 Å². The molecule has 2 bridgehead atoms. The molecule has 2 aromatic heterocycles. The number of hydrogen-bond donors (Lipinski definition) is 3. The van der Waals surface area contributed by atoms with Crippen molar-refractivity contribution in [2.45, 2.75) is 38.8 Å². The Labute approximate surface area is 184 Å². The quantitative estimate of drug-likeness (QED) is 0.423. The van der Waals surface area contributed by atoms with Crippen LogP contribution in [0.5, 0.6) is 5.75 Å². The number of hydrogen-bond acceptors (Lipinski definition) is 6. The van der Waals surface area contributed by atoms with E-state index in [2.05, 4.69) is 20.4 Å². The zero-order valence-electron chi connectivity index (χ0n) is 17.6. The van der Waals surface area contributed by atoms with E-state index in [1.165, 1.54) is 25.0 Å². The zero-order chi connectivity index (χ0) is 22.2. The number of aliphatic imine (C=N–C) groups is 1. The number of aromatic nitrogens is 2. The van der Waals surface area contributed by atoms with Crippen LogP contribution in [-0.4, -0.2) is 22.3 Å². The monoisotopic (exact) mass is 434 g/mol. The van der Waals surface area contributed by atoms with Crippen molar-refractivity contribution in [3.05, 3.63) is 58.9 Å². The van der Waals surface area contributed by atoms with Gasteiger partial charge in [0.15, 0.2) is 17.3 Å². The maximum Gasteiger partial charge on any atom is 0.166 e. The van der Waals surface area contributed by atoms with Crippen LogP contribution in [0.4, 0.5) is 10.2 Å². The predicted molar refractivity (Wildman–Crippen MR) is 118 cm³/mol. The number of amidine groups is 1. The van der Waals surface area contributed by atoms with Gasteiger partial charge < -0.3 is 20.3 Å². The molecule has 0 spiro atoms. The van der Waals surface area contributed by atoms with Crippen LogP contribution in [0, 0.1) is 17.1 Å². The van der Waals surface area contributed by atoms with E-state index in [-0.39, 0.29) is 12.4 Å². The van der Waals surface area contributed by atoms with Gasteiger partial charge >= 0.3 is 0 Å². The maximum atomic E-state index is 14.1. The second-order valence-corrected chi connectivity index (χ2v) is 8.13. The molecule has 0 saturated heterocycles. The lowest BCUT2D eigenvalue weighted by Gasteiger charge is -2.21. The van der Waals surface area contributed by atoms with Crippen LogP contribution in [0.2, 0.25) is 0 Å². The smallest absolute Gasteiger partial charge is 0.166 e. The lowest BCUT2D eigenvalue weighted by Crippen LogP contribution is -2.27. The second-order valence-electron chi connectivity index (χ2n) is 8.13. The molecule has 1 atom stereocenters. The molecule has 164 valence electrons. The van der Waals surface area contributed by atoms with E-state index in [4.69, 9.17) is 20.4 Å². The van der Waals surface area contributed by atoms with Crippen LogP contribution in [0.3, 0.4) is 0 Å². The molecule has 32 heavy (non-hydrogen) atoms. The molecular weight excluding hydrogens is 411 g/mol. The summed E-state index contributed by atoms with van der Waals surface area (Å²) in [5.41, 5.74) is 9.82. The number of fused-ring (bicyclic) bond motifs is 5. The summed E-state index contributed by atoms with van der Waals surface area (Å²) in [5, 5.41) is 15.1. The lowest BCUT2D eigenvalue weighted by atomic mass is 9.99. The van der Waals surface area contributed by atoms with Gasteiger partial charge in [0.2, 0.25) is 0 Å². The maximum absolute atomic E-state index is 14.1. The van der Waals surface area contributed by atoms with E-state index in [0.29, 0.717) is 34.4 Å². The Kier molecular flexibility index (Phi) is 5.08. The minimum Gasteiger partial charge on any atom is -0.482 e. The fourth-order valence-electron chi connectivity index (χ4n) is 4.01. The summed E-state index contributed by atoms with van der Waals surface area (Å²) in [5.74, 6) is 1.88. The molecule has 1 saturated carbocycles. The highest BCUT2D eigenvalue weighted by molar-refractivity contribution is 6.03. The number of nitrogens with two attached hydrogens (primary N) is 1. The first-order valence-electron chi connectivity index (χ1n) is 10.5. The molecule has 0 unspecified atom stereocenters. The molecular formula is C23H23FN6O2. The Bertz CT molecular complexity index is 1220. The number of nitrogens with one attached hydrogen (secondary N) is 2. The minimum atomic E-state index is -0.551. The fraction of sp³-hybridized carbons (Fsp3) is 0.304. The highest BCUT2D eigenvalue weighted by atomic mass is 19.1. The van der Waals surface area contributed by atoms with Crippen molar-refractivity contribution < 1.29 is 13.7 Å². The van der Waals surface area contributed by atoms with E-state index >= 15 is 0 Å². The summed E-state index contributed by atoms with van der Waals surface area (Å²) >= 11 is 0. The van der Waals surface area contributed by atoms with E-state index in [1.54, 1.807) is 12.3 Å². The largest absolute Gasteiger partial charge is 0.482 e. The Balaban J connectivity index is 1.67. The molecule has 3 aromatic rings. The van der Waals surface area contributed by atoms with E-state index < -0.39 is 11.9 Å². The normalized spacial score (nSPS) is 19.1. The summed E-state index contributed by atoms with van der Waals surface area (Å²) in [6, 6.07) is 6.19. The molecule has 4 N–H and O–H groups in total. The Morgan fingerprint density at radius 1 is 1.34 bits per heavy atom. The number of benzene rings is 1. The van der Waals surface area contributed by atoms with Gasteiger partial charge in [-0.1, -0.05) is 5.16 Å². The van der Waals surface area contributed by atoms with Crippen LogP contribution in [0.1, 0.15) is 48.5 Å². The van der Waals surface area contributed by atoms with Crippen LogP contribution >= 0.6 is 0 Å². The van der Waals surface area contributed by atoms with Crippen LogP contribution in [-0.2, 0) is 13.0 Å². The standard InChI is InChI=1S/C23H23FN6O2/c1-12-17-8-15(24)4-5-16(17)23(29-11-25)28-10-20-21(18(30-32-20)6-13-2-3-13)14-7-19(31-12)22(26)27-9-14/h4-5,7-9,11-13H,2-3,6,10H2,1H3,(H2,26,27)(H2,25,28,29)/t12-/m1/s1. The van der Waals surface area contributed by atoms with Gasteiger partial charge in [-0.15, -0.1) is 0 Å². The summed E-state index contributed by atoms with van der Waals surface area (Å²) in [6.07, 6.45) is 5.29. The van der Waals surface area contributed by atoms with E-state index in [1.807, 2.05) is 13.0 Å². The minimum absolute atomic E-state index is 0.240. The topological polar surface area (TPSA) is 122 Å². The number of nitrogens with zero attached hydrogens (tertiary/aromatic N) is 3. The Morgan fingerprint density at radius 3 is 2.97 bits per heavy atom. The summed E-state index contributed by atoms with van der Waals surface area (Å²) in [6.45, 7) is 2.09. The van der Waals surface area contributed by atoms with Crippen molar-refractivity contribution in [1.29, 1.82) is 5.41 Å². The summed E-state index contributed by atoms with van der Waals surface area (Å²) in [4.78, 5) is 8.50. The number of halogens is 1. The molecule has 2 aliphatic rings. The predicted octanol–water partition coefficient (Wildman–Crippen LogP) is 4.01. The van der Waals surface area contributed by atoms with Gasteiger partial charge in [0.05, 0.1) is 17.8 Å². The molecule has 1 aliphatic carbocycles. The molecule has 0 amide bonds. The first-order chi connectivity index (χ1) is 15.5. The van der Waals surface area contributed by atoms with Gasteiger partial charge in [-0.2, -0.15) is 0 Å². The third-order valence-corrected chi connectivity index (χ3v) is 5.80. The second kappa shape index (κ2) is 8.07. The summed E-state index contributed by atoms with van der Waals surface area (Å²) in [7, 11) is 0. The van der Waals surface area contributed by atoms with Crippen molar-refractivity contribution in [3.63, 3.8) is 0 Å². The molecule has 1 fully saturated rings. The fourth-order valence-corrected chi connectivity index (χ4v) is 4.01. The Hall–Kier alpha value is -3.75. The van der Waals surface area contributed by atoms with Crippen LogP contribution in [0.25, 0.3) is 11.1 Å². The van der Waals surface area contributed by atoms with Crippen LogP contribution in [0.15, 0.2) is 40.0 Å². The first kappa shape index (κ1) is 20.2. The molecule has 5 rings (SSSR count). The molecule has 1 aliphatic heterocycles. The van der Waals surface area contributed by atoms with Crippen LogP contribution < -0.4 is 15.8 Å². The van der Waals surface area contributed by atoms with Gasteiger partial charge in [-0.05, 0) is 56.4 Å². The number of anilines is 1. The highest BCUT2D eigenvalue weighted by Gasteiger charge is 2.28. The molecule has 9 heteroatoms. The summed E-state index contributed by atoms with van der Waals surface area (Å²) < 4.78 is 26.0. The number of nitrogen functional groups attached to an aromatic ring is 1. The van der Waals surface area contributed by atoms with E-state index in [0.717, 1.165) is 29.6 Å². The van der Waals surface area contributed by atoms with Crippen molar-refractivity contribution in [2.75, 3.05) is 5.73 Å². The van der Waals surface area contributed by atoms with Gasteiger partial charge in [0.1, 0.15) is 24.1 Å². The number of ether oxygens (including phenoxy) is 1. The van der Waals surface area contributed by atoms with Gasteiger partial charge in [0.25, 0.3) is 0 Å². The number of pyridine rings is 1. The van der Waals surface area contributed by atoms with Gasteiger partial charge in [0, 0.05) is 22.9 Å². The van der Waals surface area contributed by atoms with Crippen molar-refractivity contribution in [2.24, 2.45) is 10.9 Å². The molecule has 1 aromatic carbocycles. The van der Waals surface area contributed by atoms with Crippen molar-refractivity contribution in [3.8, 4) is 16.9 Å². The molecule has 3 heterocycles. The third kappa shape index (κ3) is 3.81. The van der Waals surface area contributed by atoms with Crippen molar-refractivity contribution in [1.82, 2.24) is 15.5 Å². The third-order valence-electron chi connectivity index (χ3n) is 5.80.